The SMILES string of the molecule is N=C(N)c1cc2c(nc1Sc1ccccc1F)CCC2. The number of halogens is 1. The summed E-state index contributed by atoms with van der Waals surface area (Å²) in [6.07, 6.45) is 3.00. The van der Waals surface area contributed by atoms with E-state index < -0.39 is 0 Å². The third-order valence-corrected chi connectivity index (χ3v) is 4.40. The fraction of sp³-hybridized carbons (Fsp3) is 0.200. The average molecular weight is 287 g/mol. The predicted molar refractivity (Wildman–Crippen MR) is 77.8 cm³/mol. The number of rotatable bonds is 3. The Labute approximate surface area is 120 Å². The molecule has 0 spiro atoms. The number of nitrogens with two attached hydrogens (primary N) is 1. The highest BCUT2D eigenvalue weighted by Crippen LogP contribution is 2.33. The average Bonchev–Trinajstić information content (AvgIpc) is 2.87. The van der Waals surface area contributed by atoms with E-state index >= 15 is 0 Å². The number of aryl methyl sites for hydroxylation is 2. The van der Waals surface area contributed by atoms with Crippen molar-refractivity contribution in [3.8, 4) is 0 Å². The highest BCUT2D eigenvalue weighted by molar-refractivity contribution is 7.99. The molecule has 0 fully saturated rings. The van der Waals surface area contributed by atoms with Crippen LogP contribution in [-0.4, -0.2) is 10.8 Å². The maximum atomic E-state index is 13.7. The Balaban J connectivity index is 2.04. The summed E-state index contributed by atoms with van der Waals surface area (Å²) >= 11 is 1.23. The lowest BCUT2D eigenvalue weighted by Crippen LogP contribution is -2.14. The highest BCUT2D eigenvalue weighted by Gasteiger charge is 2.19. The smallest absolute Gasteiger partial charge is 0.137 e. The van der Waals surface area contributed by atoms with Crippen LogP contribution >= 0.6 is 11.8 Å². The summed E-state index contributed by atoms with van der Waals surface area (Å²) in [6, 6.07) is 8.50. The zero-order chi connectivity index (χ0) is 14.1. The Bertz CT molecular complexity index is 685. The molecule has 1 aromatic heterocycles. The number of nitrogen functional groups attached to an aromatic ring is 1. The van der Waals surface area contributed by atoms with Gasteiger partial charge in [-0.05, 0) is 43.0 Å². The van der Waals surface area contributed by atoms with Crippen molar-refractivity contribution in [2.45, 2.75) is 29.2 Å². The van der Waals surface area contributed by atoms with E-state index in [9.17, 15) is 4.39 Å². The Morgan fingerprint density at radius 2 is 2.10 bits per heavy atom. The van der Waals surface area contributed by atoms with Gasteiger partial charge in [0.2, 0.25) is 0 Å². The van der Waals surface area contributed by atoms with Gasteiger partial charge in [-0.3, -0.25) is 5.41 Å². The van der Waals surface area contributed by atoms with Gasteiger partial charge in [-0.25, -0.2) is 9.37 Å². The number of hydrogen-bond acceptors (Lipinski definition) is 3. The lowest BCUT2D eigenvalue weighted by Gasteiger charge is -2.10. The zero-order valence-electron chi connectivity index (χ0n) is 10.8. The van der Waals surface area contributed by atoms with Crippen molar-refractivity contribution in [2.75, 3.05) is 0 Å². The molecule has 0 bridgehead atoms. The maximum absolute atomic E-state index is 13.7. The summed E-state index contributed by atoms with van der Waals surface area (Å²) in [7, 11) is 0. The second-order valence-electron chi connectivity index (χ2n) is 4.75. The quantitative estimate of drug-likeness (QED) is 0.673. The van der Waals surface area contributed by atoms with Gasteiger partial charge in [0, 0.05) is 16.2 Å². The summed E-state index contributed by atoms with van der Waals surface area (Å²) in [5.41, 5.74) is 8.44. The molecule has 1 aliphatic rings. The van der Waals surface area contributed by atoms with Gasteiger partial charge in [0.1, 0.15) is 16.7 Å². The van der Waals surface area contributed by atoms with Crippen LogP contribution in [0.3, 0.4) is 0 Å². The Morgan fingerprint density at radius 3 is 2.85 bits per heavy atom. The summed E-state index contributed by atoms with van der Waals surface area (Å²) in [5.74, 6) is -0.305. The Morgan fingerprint density at radius 1 is 1.30 bits per heavy atom. The van der Waals surface area contributed by atoms with Crippen LogP contribution in [0.2, 0.25) is 0 Å². The van der Waals surface area contributed by atoms with Gasteiger partial charge in [0.05, 0.1) is 0 Å². The molecule has 20 heavy (non-hydrogen) atoms. The molecule has 1 aliphatic carbocycles. The van der Waals surface area contributed by atoms with Crippen molar-refractivity contribution in [1.82, 2.24) is 4.98 Å². The van der Waals surface area contributed by atoms with E-state index in [4.69, 9.17) is 11.1 Å². The first-order chi connectivity index (χ1) is 9.65. The Kier molecular flexibility index (Phi) is 3.44. The minimum Gasteiger partial charge on any atom is -0.384 e. The standard InChI is InChI=1S/C15H14FN3S/c16-11-5-1-2-7-13(11)20-15-10(14(17)18)8-9-4-3-6-12(9)19-15/h1-2,5,7-8H,3-4,6H2,(H3,17,18). The van der Waals surface area contributed by atoms with E-state index in [0.717, 1.165) is 30.5 Å². The second-order valence-corrected chi connectivity index (χ2v) is 5.78. The maximum Gasteiger partial charge on any atom is 0.137 e. The van der Waals surface area contributed by atoms with Crippen LogP contribution in [0.5, 0.6) is 0 Å². The van der Waals surface area contributed by atoms with E-state index in [-0.39, 0.29) is 11.7 Å². The van der Waals surface area contributed by atoms with Crippen LogP contribution in [0.4, 0.5) is 4.39 Å². The van der Waals surface area contributed by atoms with Crippen molar-refractivity contribution in [2.24, 2.45) is 5.73 Å². The van der Waals surface area contributed by atoms with Crippen LogP contribution in [0.1, 0.15) is 23.2 Å². The number of fused-ring (bicyclic) bond motifs is 1. The van der Waals surface area contributed by atoms with Gasteiger partial charge in [0.15, 0.2) is 0 Å². The first-order valence-electron chi connectivity index (χ1n) is 6.44. The van der Waals surface area contributed by atoms with Crippen molar-refractivity contribution >= 4 is 17.6 Å². The van der Waals surface area contributed by atoms with Crippen molar-refractivity contribution in [1.29, 1.82) is 5.41 Å². The van der Waals surface area contributed by atoms with Crippen molar-refractivity contribution in [3.05, 3.63) is 53.0 Å². The van der Waals surface area contributed by atoms with Crippen LogP contribution in [0.15, 0.2) is 40.3 Å². The van der Waals surface area contributed by atoms with Crippen molar-refractivity contribution < 1.29 is 4.39 Å². The molecule has 0 saturated heterocycles. The van der Waals surface area contributed by atoms with Gasteiger partial charge in [-0.1, -0.05) is 23.9 Å². The monoisotopic (exact) mass is 287 g/mol. The van der Waals surface area contributed by atoms with Gasteiger partial charge in [-0.2, -0.15) is 0 Å². The third-order valence-electron chi connectivity index (χ3n) is 3.35. The number of nitrogens with one attached hydrogen (secondary N) is 1. The molecule has 1 aromatic carbocycles. The van der Waals surface area contributed by atoms with Gasteiger partial charge >= 0.3 is 0 Å². The first-order valence-corrected chi connectivity index (χ1v) is 7.26. The number of nitrogens with zero attached hydrogens (tertiary/aromatic N) is 1. The number of pyridine rings is 1. The second kappa shape index (κ2) is 5.25. The fourth-order valence-electron chi connectivity index (χ4n) is 2.36. The fourth-order valence-corrected chi connectivity index (χ4v) is 3.31. The highest BCUT2D eigenvalue weighted by atomic mass is 32.2. The summed E-state index contributed by atoms with van der Waals surface area (Å²) in [6.45, 7) is 0. The summed E-state index contributed by atoms with van der Waals surface area (Å²) in [5, 5.41) is 8.30. The molecule has 3 rings (SSSR count). The van der Waals surface area contributed by atoms with Gasteiger partial charge in [-0.15, -0.1) is 0 Å². The predicted octanol–water partition coefficient (Wildman–Crippen LogP) is 3.14. The molecule has 1 heterocycles. The third kappa shape index (κ3) is 2.41. The molecule has 0 amide bonds. The molecule has 0 aliphatic heterocycles. The lowest BCUT2D eigenvalue weighted by atomic mass is 10.1. The van der Waals surface area contributed by atoms with Crippen LogP contribution in [-0.2, 0) is 12.8 Å². The molecule has 0 unspecified atom stereocenters. The minimum absolute atomic E-state index is 0.0222. The Hall–Kier alpha value is -1.88. The lowest BCUT2D eigenvalue weighted by molar-refractivity contribution is 0.602. The topological polar surface area (TPSA) is 62.8 Å². The van der Waals surface area contributed by atoms with E-state index in [1.165, 1.54) is 17.8 Å². The number of amidine groups is 1. The summed E-state index contributed by atoms with van der Waals surface area (Å²) < 4.78 is 13.7. The molecule has 0 radical (unpaired) electrons. The molecule has 3 nitrogen and oxygen atoms in total. The van der Waals surface area contributed by atoms with E-state index in [0.29, 0.717) is 15.5 Å². The molecule has 102 valence electrons. The van der Waals surface area contributed by atoms with Crippen molar-refractivity contribution in [3.63, 3.8) is 0 Å². The number of aromatic nitrogens is 1. The molecule has 0 saturated carbocycles. The molecule has 0 atom stereocenters. The molecular formula is C15H14FN3S. The van der Waals surface area contributed by atoms with Crippen LogP contribution < -0.4 is 5.73 Å². The van der Waals surface area contributed by atoms with Gasteiger partial charge in [0.25, 0.3) is 0 Å². The van der Waals surface area contributed by atoms with E-state index in [1.807, 2.05) is 6.07 Å². The largest absolute Gasteiger partial charge is 0.384 e. The zero-order valence-corrected chi connectivity index (χ0v) is 11.6. The first kappa shape index (κ1) is 13.1. The van der Waals surface area contributed by atoms with E-state index in [1.54, 1.807) is 18.2 Å². The van der Waals surface area contributed by atoms with E-state index in [2.05, 4.69) is 4.98 Å². The molecular weight excluding hydrogens is 273 g/mol. The molecule has 3 N–H and O–H groups in total. The normalized spacial score (nSPS) is 13.2. The van der Waals surface area contributed by atoms with Gasteiger partial charge < -0.3 is 5.73 Å². The minimum atomic E-state index is -0.283. The van der Waals surface area contributed by atoms with Crippen LogP contribution in [0, 0.1) is 11.2 Å². The number of hydrogen-bond donors (Lipinski definition) is 2. The summed E-state index contributed by atoms with van der Waals surface area (Å²) in [4.78, 5) is 5.09. The molecule has 2 aromatic rings. The van der Waals surface area contributed by atoms with Crippen LogP contribution in [0.25, 0.3) is 0 Å². The number of benzene rings is 1. The molecule has 5 heteroatoms.